The second kappa shape index (κ2) is 9.72. The Morgan fingerprint density at radius 3 is 2.38 bits per heavy atom. The molecule has 3 aromatic rings. The van der Waals surface area contributed by atoms with Gasteiger partial charge >= 0.3 is 0 Å². The molecule has 3 heterocycles. The van der Waals surface area contributed by atoms with Crippen LogP contribution in [-0.2, 0) is 13.1 Å². The highest BCUT2D eigenvalue weighted by Crippen LogP contribution is 2.36. The van der Waals surface area contributed by atoms with Gasteiger partial charge < -0.3 is 19.7 Å². The lowest BCUT2D eigenvalue weighted by Gasteiger charge is -2.36. The van der Waals surface area contributed by atoms with E-state index < -0.39 is 0 Å². The van der Waals surface area contributed by atoms with E-state index in [0.29, 0.717) is 24.1 Å². The van der Waals surface area contributed by atoms with E-state index in [1.165, 1.54) is 18.4 Å². The number of fused-ring (bicyclic) bond motifs is 2. The molecular weight excluding hydrogens is 398 g/mol. The van der Waals surface area contributed by atoms with Crippen LogP contribution in [0.15, 0.2) is 72.9 Å². The van der Waals surface area contributed by atoms with Crippen LogP contribution in [0.25, 0.3) is 0 Å². The van der Waals surface area contributed by atoms with Gasteiger partial charge in [-0.25, -0.2) is 4.98 Å². The highest BCUT2D eigenvalue weighted by molar-refractivity contribution is 5.29. The number of benzene rings is 2. The highest BCUT2D eigenvalue weighted by atomic mass is 16.5. The average molecular weight is 430 g/mol. The van der Waals surface area contributed by atoms with Crippen molar-refractivity contribution < 1.29 is 9.47 Å². The molecule has 2 aliphatic heterocycles. The number of hydrogen-bond acceptors (Lipinski definition) is 5. The number of piperidine rings is 1. The molecule has 2 aromatic carbocycles. The van der Waals surface area contributed by atoms with Gasteiger partial charge in [-0.05, 0) is 68.1 Å². The molecule has 166 valence electrons. The minimum absolute atomic E-state index is 0.342. The van der Waals surface area contributed by atoms with E-state index in [2.05, 4.69) is 46.5 Å². The summed E-state index contributed by atoms with van der Waals surface area (Å²) in [6, 6.07) is 23.5. The van der Waals surface area contributed by atoms with Crippen molar-refractivity contribution in [1.29, 1.82) is 0 Å². The molecule has 2 bridgehead atoms. The summed E-state index contributed by atoms with van der Waals surface area (Å²) < 4.78 is 12.1. The number of ether oxygens (including phenoxy) is 2. The number of rotatable bonds is 8. The number of pyridine rings is 1. The van der Waals surface area contributed by atoms with Crippen LogP contribution in [0.4, 0.5) is 0 Å². The first-order valence-electron chi connectivity index (χ1n) is 11.6. The number of hydrogen-bond donors (Lipinski definition) is 1. The molecular formula is C27H31N3O2. The van der Waals surface area contributed by atoms with E-state index in [1.807, 2.05) is 48.7 Å². The van der Waals surface area contributed by atoms with Crippen LogP contribution in [0.1, 0.15) is 36.8 Å². The maximum atomic E-state index is 6.37. The van der Waals surface area contributed by atoms with Crippen LogP contribution >= 0.6 is 0 Å². The number of nitrogens with one attached hydrogen (secondary N) is 1. The molecule has 0 aliphatic carbocycles. The maximum Gasteiger partial charge on any atom is 0.219 e. The predicted molar refractivity (Wildman–Crippen MR) is 126 cm³/mol. The van der Waals surface area contributed by atoms with E-state index in [1.54, 1.807) is 0 Å². The Bertz CT molecular complexity index is 995. The summed E-state index contributed by atoms with van der Waals surface area (Å²) in [4.78, 5) is 6.97. The van der Waals surface area contributed by atoms with Gasteiger partial charge in [-0.1, -0.05) is 36.4 Å². The third-order valence-corrected chi connectivity index (χ3v) is 6.68. The molecule has 0 amide bonds. The zero-order valence-electron chi connectivity index (χ0n) is 18.6. The van der Waals surface area contributed by atoms with Gasteiger partial charge in [0.25, 0.3) is 0 Å². The summed E-state index contributed by atoms with van der Waals surface area (Å²) in [6.45, 7) is 1.54. The van der Waals surface area contributed by atoms with Crippen LogP contribution in [0.3, 0.4) is 0 Å². The van der Waals surface area contributed by atoms with Crippen molar-refractivity contribution in [2.75, 3.05) is 7.05 Å². The van der Waals surface area contributed by atoms with Crippen LogP contribution < -0.4 is 14.8 Å². The first-order chi connectivity index (χ1) is 15.7. The van der Waals surface area contributed by atoms with Gasteiger partial charge in [0.05, 0.1) is 0 Å². The Kier molecular flexibility index (Phi) is 6.37. The second-order valence-electron chi connectivity index (χ2n) is 8.93. The minimum atomic E-state index is 0.342. The number of nitrogens with zero attached hydrogens (tertiary/aromatic N) is 2. The van der Waals surface area contributed by atoms with E-state index in [0.717, 1.165) is 43.0 Å². The maximum absolute atomic E-state index is 6.37. The Hall–Kier alpha value is -2.89. The van der Waals surface area contributed by atoms with E-state index in [4.69, 9.17) is 9.47 Å². The molecule has 1 N–H and O–H groups in total. The van der Waals surface area contributed by atoms with E-state index >= 15 is 0 Å². The fourth-order valence-corrected chi connectivity index (χ4v) is 4.92. The molecule has 0 spiro atoms. The van der Waals surface area contributed by atoms with Crippen LogP contribution in [0.2, 0.25) is 0 Å². The van der Waals surface area contributed by atoms with Gasteiger partial charge in [-0.15, -0.1) is 0 Å². The Labute approximate surface area is 190 Å². The Balaban J connectivity index is 1.10. The van der Waals surface area contributed by atoms with Crippen LogP contribution in [-0.4, -0.2) is 35.1 Å². The van der Waals surface area contributed by atoms with E-state index in [-0.39, 0.29) is 0 Å². The Morgan fingerprint density at radius 1 is 0.875 bits per heavy atom. The van der Waals surface area contributed by atoms with Crippen molar-refractivity contribution in [3.05, 3.63) is 84.1 Å². The summed E-state index contributed by atoms with van der Waals surface area (Å²) in [5, 5.41) is 3.50. The first-order valence-corrected chi connectivity index (χ1v) is 11.6. The molecule has 1 aromatic heterocycles. The van der Waals surface area contributed by atoms with Gasteiger partial charge in [-0.3, -0.25) is 0 Å². The van der Waals surface area contributed by atoms with Gasteiger partial charge in [0.1, 0.15) is 17.6 Å². The zero-order chi connectivity index (χ0) is 21.8. The zero-order valence-corrected chi connectivity index (χ0v) is 18.6. The quantitative estimate of drug-likeness (QED) is 0.535. The minimum Gasteiger partial charge on any atom is -0.490 e. The summed E-state index contributed by atoms with van der Waals surface area (Å²) in [6.07, 6.45) is 7.13. The number of aromatic nitrogens is 1. The fourth-order valence-electron chi connectivity index (χ4n) is 4.92. The highest BCUT2D eigenvalue weighted by Gasteiger charge is 2.39. The van der Waals surface area contributed by atoms with Crippen molar-refractivity contribution in [3.63, 3.8) is 0 Å². The lowest BCUT2D eigenvalue weighted by atomic mass is 10.0. The third-order valence-electron chi connectivity index (χ3n) is 6.68. The molecule has 5 nitrogen and oxygen atoms in total. The standard InChI is InChI=1S/C27H31N3O2/c1-30-22-11-12-23(30)16-26(15-22)31-25-9-5-6-20(14-25)17-28-18-21-10-13-27(29-19-21)32-24-7-3-2-4-8-24/h2-10,13-14,19,22-23,26,28H,11-12,15-18H2,1H3/t22-,23+,26?. The van der Waals surface area contributed by atoms with Gasteiger partial charge in [0.2, 0.25) is 5.88 Å². The summed E-state index contributed by atoms with van der Waals surface area (Å²) in [5.74, 6) is 2.38. The lowest BCUT2D eigenvalue weighted by Crippen LogP contribution is -2.43. The van der Waals surface area contributed by atoms with Crippen molar-refractivity contribution in [2.45, 2.75) is 57.0 Å². The molecule has 2 aliphatic rings. The van der Waals surface area contributed by atoms with Gasteiger partial charge in [0.15, 0.2) is 0 Å². The van der Waals surface area contributed by atoms with Gasteiger partial charge in [-0.2, -0.15) is 0 Å². The molecule has 0 saturated carbocycles. The summed E-state index contributed by atoms with van der Waals surface area (Å²) >= 11 is 0. The summed E-state index contributed by atoms with van der Waals surface area (Å²) in [5.41, 5.74) is 2.36. The van der Waals surface area contributed by atoms with E-state index in [9.17, 15) is 0 Å². The molecule has 0 radical (unpaired) electrons. The third kappa shape index (κ3) is 5.12. The molecule has 3 atom stereocenters. The molecule has 32 heavy (non-hydrogen) atoms. The van der Waals surface area contributed by atoms with Crippen molar-refractivity contribution in [2.24, 2.45) is 0 Å². The second-order valence-corrected chi connectivity index (χ2v) is 8.93. The SMILES string of the molecule is CN1[C@@H]2CC[C@H]1CC(Oc1cccc(CNCc3ccc(Oc4ccccc4)nc3)c1)C2. The fraction of sp³-hybridized carbons (Fsp3) is 0.370. The van der Waals surface area contributed by atoms with Crippen molar-refractivity contribution in [3.8, 4) is 17.4 Å². The molecule has 5 heteroatoms. The summed E-state index contributed by atoms with van der Waals surface area (Å²) in [7, 11) is 2.27. The Morgan fingerprint density at radius 2 is 1.62 bits per heavy atom. The molecule has 5 rings (SSSR count). The largest absolute Gasteiger partial charge is 0.490 e. The van der Waals surface area contributed by atoms with Crippen LogP contribution in [0.5, 0.6) is 17.4 Å². The van der Waals surface area contributed by atoms with Crippen molar-refractivity contribution >= 4 is 0 Å². The molecule has 2 fully saturated rings. The normalized spacial score (nSPS) is 22.6. The average Bonchev–Trinajstić information content (AvgIpc) is 3.02. The van der Waals surface area contributed by atoms with Crippen LogP contribution in [0, 0.1) is 0 Å². The monoisotopic (exact) mass is 429 g/mol. The lowest BCUT2D eigenvalue weighted by molar-refractivity contribution is 0.0661. The predicted octanol–water partition coefficient (Wildman–Crippen LogP) is 5.17. The van der Waals surface area contributed by atoms with Gasteiger partial charge in [0, 0.05) is 37.4 Å². The number of para-hydroxylation sites is 1. The first kappa shape index (κ1) is 21.0. The van der Waals surface area contributed by atoms with Crippen molar-refractivity contribution in [1.82, 2.24) is 15.2 Å². The molecule has 1 unspecified atom stereocenters. The molecule has 2 saturated heterocycles. The topological polar surface area (TPSA) is 46.6 Å². The smallest absolute Gasteiger partial charge is 0.219 e.